The zero-order chi connectivity index (χ0) is 19.8. The van der Waals surface area contributed by atoms with Gasteiger partial charge in [-0.3, -0.25) is 9.69 Å². The van der Waals surface area contributed by atoms with Crippen molar-refractivity contribution in [1.29, 1.82) is 0 Å². The van der Waals surface area contributed by atoms with Gasteiger partial charge in [-0.1, -0.05) is 30.3 Å². The molecule has 1 amide bonds. The monoisotopic (exact) mass is 386 g/mol. The molecule has 0 radical (unpaired) electrons. The van der Waals surface area contributed by atoms with E-state index in [1.165, 1.54) is 6.07 Å². The van der Waals surface area contributed by atoms with E-state index in [1.54, 1.807) is 25.3 Å². The lowest BCUT2D eigenvalue weighted by molar-refractivity contribution is -0.121. The number of hydrogen-bond donors (Lipinski definition) is 1. The van der Waals surface area contributed by atoms with Crippen molar-refractivity contribution in [2.75, 3.05) is 40.0 Å². The molecule has 0 aliphatic carbocycles. The van der Waals surface area contributed by atoms with Crippen molar-refractivity contribution < 1.29 is 18.7 Å². The number of halogens is 1. The van der Waals surface area contributed by atoms with E-state index in [0.717, 1.165) is 24.4 Å². The van der Waals surface area contributed by atoms with E-state index in [2.05, 4.69) is 10.2 Å². The van der Waals surface area contributed by atoms with Gasteiger partial charge >= 0.3 is 0 Å². The molecule has 1 aliphatic rings. The molecule has 1 N–H and O–H groups in total. The number of methoxy groups -OCH3 is 1. The third kappa shape index (κ3) is 5.53. The van der Waals surface area contributed by atoms with Crippen LogP contribution in [0.5, 0.6) is 5.75 Å². The number of aryl methyl sites for hydroxylation is 1. The molecule has 28 heavy (non-hydrogen) atoms. The first-order valence-electron chi connectivity index (χ1n) is 9.63. The summed E-state index contributed by atoms with van der Waals surface area (Å²) in [6.45, 7) is 3.52. The van der Waals surface area contributed by atoms with Gasteiger partial charge in [0, 0.05) is 26.1 Å². The van der Waals surface area contributed by atoms with E-state index in [-0.39, 0.29) is 24.2 Å². The molecular formula is C22H27FN2O3. The van der Waals surface area contributed by atoms with Crippen LogP contribution in [0.2, 0.25) is 0 Å². The Morgan fingerprint density at radius 2 is 1.89 bits per heavy atom. The summed E-state index contributed by atoms with van der Waals surface area (Å²) < 4.78 is 24.4. The number of nitrogens with one attached hydrogen (secondary N) is 1. The van der Waals surface area contributed by atoms with Gasteiger partial charge in [0.1, 0.15) is 11.6 Å². The summed E-state index contributed by atoms with van der Waals surface area (Å²) >= 11 is 0. The van der Waals surface area contributed by atoms with Gasteiger partial charge in [0.2, 0.25) is 5.91 Å². The molecule has 2 aromatic rings. The van der Waals surface area contributed by atoms with E-state index in [9.17, 15) is 9.18 Å². The van der Waals surface area contributed by atoms with E-state index >= 15 is 0 Å². The number of carbonyl (C=O) groups is 1. The van der Waals surface area contributed by atoms with Crippen LogP contribution in [0.15, 0.2) is 48.5 Å². The molecule has 1 heterocycles. The van der Waals surface area contributed by atoms with Gasteiger partial charge in [-0.25, -0.2) is 4.39 Å². The summed E-state index contributed by atoms with van der Waals surface area (Å²) in [7, 11) is 1.64. The molecule has 0 bridgehead atoms. The Bertz CT molecular complexity index is 761. The molecule has 0 aromatic heterocycles. The van der Waals surface area contributed by atoms with E-state index in [0.29, 0.717) is 31.7 Å². The highest BCUT2D eigenvalue weighted by Gasteiger charge is 2.23. The second-order valence-corrected chi connectivity index (χ2v) is 6.83. The summed E-state index contributed by atoms with van der Waals surface area (Å²) in [6, 6.07) is 14.6. The highest BCUT2D eigenvalue weighted by Crippen LogP contribution is 2.23. The quantitative estimate of drug-likeness (QED) is 0.758. The summed E-state index contributed by atoms with van der Waals surface area (Å²) in [5.74, 6) is 0.466. The minimum Gasteiger partial charge on any atom is -0.497 e. The fraction of sp³-hybridized carbons (Fsp3) is 0.409. The third-order valence-corrected chi connectivity index (χ3v) is 5.06. The lowest BCUT2D eigenvalue weighted by atomic mass is 10.0. The zero-order valence-corrected chi connectivity index (χ0v) is 16.2. The van der Waals surface area contributed by atoms with Crippen LogP contribution >= 0.6 is 0 Å². The van der Waals surface area contributed by atoms with Crippen molar-refractivity contribution in [2.45, 2.75) is 18.9 Å². The summed E-state index contributed by atoms with van der Waals surface area (Å²) in [5.41, 5.74) is 1.69. The van der Waals surface area contributed by atoms with Crippen molar-refractivity contribution in [3.63, 3.8) is 0 Å². The minimum absolute atomic E-state index is 0.0622. The maximum Gasteiger partial charge on any atom is 0.220 e. The number of morpholine rings is 1. The van der Waals surface area contributed by atoms with Gasteiger partial charge in [-0.15, -0.1) is 0 Å². The molecule has 150 valence electrons. The molecular weight excluding hydrogens is 359 g/mol. The average molecular weight is 386 g/mol. The summed E-state index contributed by atoms with van der Waals surface area (Å²) in [6.07, 6.45) is 0.655. The maximum absolute atomic E-state index is 13.7. The first kappa shape index (κ1) is 20.3. The number of amides is 1. The third-order valence-electron chi connectivity index (χ3n) is 5.06. The highest BCUT2D eigenvalue weighted by molar-refractivity contribution is 5.76. The molecule has 1 fully saturated rings. The topological polar surface area (TPSA) is 50.8 Å². The highest BCUT2D eigenvalue weighted by atomic mass is 19.1. The molecule has 0 saturated carbocycles. The van der Waals surface area contributed by atoms with Gasteiger partial charge in [0.25, 0.3) is 0 Å². The fourth-order valence-electron chi connectivity index (χ4n) is 3.42. The van der Waals surface area contributed by atoms with Crippen LogP contribution in [0.1, 0.15) is 23.6 Å². The molecule has 6 heteroatoms. The normalized spacial score (nSPS) is 15.8. The van der Waals surface area contributed by atoms with Crippen molar-refractivity contribution in [2.24, 2.45) is 0 Å². The van der Waals surface area contributed by atoms with Crippen LogP contribution in [0.4, 0.5) is 4.39 Å². The predicted octanol–water partition coefficient (Wildman–Crippen LogP) is 2.96. The Morgan fingerprint density at radius 3 is 2.57 bits per heavy atom. The Hall–Kier alpha value is -2.44. The molecule has 3 rings (SSSR count). The molecule has 1 saturated heterocycles. The number of hydrogen-bond acceptors (Lipinski definition) is 4. The standard InChI is InChI=1S/C22H27FN2O3/c1-27-19-9-6-18(7-10-19)21(25-12-14-28-15-13-25)16-24-22(26)11-8-17-4-2-3-5-20(17)23/h2-7,9-10,21H,8,11-16H2,1H3,(H,24,26)/t21-/m1/s1. The van der Waals surface area contributed by atoms with Gasteiger partial charge in [-0.05, 0) is 35.7 Å². The predicted molar refractivity (Wildman–Crippen MR) is 106 cm³/mol. The van der Waals surface area contributed by atoms with Crippen molar-refractivity contribution in [3.05, 3.63) is 65.5 Å². The Morgan fingerprint density at radius 1 is 1.18 bits per heavy atom. The Kier molecular flexibility index (Phi) is 7.39. The summed E-state index contributed by atoms with van der Waals surface area (Å²) in [5, 5.41) is 3.02. The second-order valence-electron chi connectivity index (χ2n) is 6.83. The molecule has 1 atom stereocenters. The van der Waals surface area contributed by atoms with Crippen LogP contribution in [0.25, 0.3) is 0 Å². The molecule has 1 aliphatic heterocycles. The average Bonchev–Trinajstić information content (AvgIpc) is 2.74. The molecule has 0 spiro atoms. The van der Waals surface area contributed by atoms with Crippen molar-refractivity contribution in [1.82, 2.24) is 10.2 Å². The number of rotatable bonds is 8. The van der Waals surface area contributed by atoms with Crippen LogP contribution in [-0.4, -0.2) is 50.8 Å². The molecule has 5 nitrogen and oxygen atoms in total. The number of nitrogens with zero attached hydrogens (tertiary/aromatic N) is 1. The van der Waals surface area contributed by atoms with Crippen molar-refractivity contribution in [3.8, 4) is 5.75 Å². The smallest absolute Gasteiger partial charge is 0.220 e. The largest absolute Gasteiger partial charge is 0.497 e. The maximum atomic E-state index is 13.7. The summed E-state index contributed by atoms with van der Waals surface area (Å²) in [4.78, 5) is 14.7. The molecule has 0 unspecified atom stereocenters. The van der Waals surface area contributed by atoms with E-state index in [4.69, 9.17) is 9.47 Å². The van der Waals surface area contributed by atoms with Gasteiger partial charge in [0.05, 0.1) is 26.4 Å². The van der Waals surface area contributed by atoms with Crippen LogP contribution < -0.4 is 10.1 Å². The SMILES string of the molecule is COc1ccc([C@@H](CNC(=O)CCc2ccccc2F)N2CCOCC2)cc1. The second kappa shape index (κ2) is 10.2. The van der Waals surface area contributed by atoms with Crippen LogP contribution in [0.3, 0.4) is 0 Å². The van der Waals surface area contributed by atoms with Crippen LogP contribution in [0, 0.1) is 5.82 Å². The van der Waals surface area contributed by atoms with Crippen molar-refractivity contribution >= 4 is 5.91 Å². The van der Waals surface area contributed by atoms with E-state index in [1.807, 2.05) is 24.3 Å². The lowest BCUT2D eigenvalue weighted by Gasteiger charge is -2.35. The first-order chi connectivity index (χ1) is 13.7. The number of ether oxygens (including phenoxy) is 2. The zero-order valence-electron chi connectivity index (χ0n) is 16.2. The van der Waals surface area contributed by atoms with E-state index < -0.39 is 0 Å². The number of carbonyl (C=O) groups excluding carboxylic acids is 1. The van der Waals surface area contributed by atoms with Gasteiger partial charge in [-0.2, -0.15) is 0 Å². The first-order valence-corrected chi connectivity index (χ1v) is 9.63. The Labute approximate surface area is 165 Å². The van der Waals surface area contributed by atoms with Gasteiger partial charge in [0.15, 0.2) is 0 Å². The lowest BCUT2D eigenvalue weighted by Crippen LogP contribution is -2.43. The van der Waals surface area contributed by atoms with Crippen LogP contribution in [-0.2, 0) is 16.0 Å². The van der Waals surface area contributed by atoms with Gasteiger partial charge < -0.3 is 14.8 Å². The molecule has 2 aromatic carbocycles. The Balaban J connectivity index is 1.60. The minimum atomic E-state index is -0.264. The fourth-order valence-corrected chi connectivity index (χ4v) is 3.42. The number of benzene rings is 2.